The molecule has 3 heterocycles. The highest BCUT2D eigenvalue weighted by molar-refractivity contribution is 5.90. The zero-order chi connectivity index (χ0) is 27.7. The van der Waals surface area contributed by atoms with E-state index in [4.69, 9.17) is 15.2 Å². The largest absolute Gasteiger partial charge is 0.508 e. The lowest BCUT2D eigenvalue weighted by Crippen LogP contribution is -2.34. The SMILES string of the molecule is Nc1ncnc2c1ncn2[C@@H]1O[C@H](COC(=O)CC(c2cccc(O)c2)c2ccccc2C(=O)O)[C@@H](O)[C@H]1O. The van der Waals surface area contributed by atoms with Crippen LogP contribution in [0.25, 0.3) is 11.2 Å². The number of carboxylic acid groups (broad SMARTS) is 1. The van der Waals surface area contributed by atoms with Gasteiger partial charge in [-0.1, -0.05) is 30.3 Å². The van der Waals surface area contributed by atoms with Gasteiger partial charge < -0.3 is 35.6 Å². The summed E-state index contributed by atoms with van der Waals surface area (Å²) >= 11 is 0. The second-order valence-electron chi connectivity index (χ2n) is 9.06. The average molecular weight is 536 g/mol. The van der Waals surface area contributed by atoms with Gasteiger partial charge in [-0.15, -0.1) is 0 Å². The number of aromatic carboxylic acids is 1. The smallest absolute Gasteiger partial charge is 0.335 e. The van der Waals surface area contributed by atoms with Crippen molar-refractivity contribution in [3.05, 3.63) is 77.9 Å². The number of nitrogens with zero attached hydrogens (tertiary/aromatic N) is 4. The number of rotatable bonds is 8. The molecule has 1 saturated heterocycles. The Hall–Kier alpha value is -4.59. The minimum Gasteiger partial charge on any atom is -0.508 e. The van der Waals surface area contributed by atoms with E-state index in [9.17, 15) is 30.0 Å². The molecule has 0 spiro atoms. The molecule has 2 aromatic carbocycles. The van der Waals surface area contributed by atoms with Gasteiger partial charge in [-0.3, -0.25) is 9.36 Å². The van der Waals surface area contributed by atoms with Crippen LogP contribution in [0.3, 0.4) is 0 Å². The van der Waals surface area contributed by atoms with Crippen molar-refractivity contribution >= 4 is 28.9 Å². The van der Waals surface area contributed by atoms with Gasteiger partial charge in [0.1, 0.15) is 42.5 Å². The summed E-state index contributed by atoms with van der Waals surface area (Å²) in [5, 5.41) is 40.9. The Balaban J connectivity index is 1.32. The zero-order valence-electron chi connectivity index (χ0n) is 20.4. The molecule has 13 nitrogen and oxygen atoms in total. The molecule has 1 aliphatic rings. The molecule has 0 radical (unpaired) electrons. The van der Waals surface area contributed by atoms with E-state index in [0.29, 0.717) is 22.3 Å². The summed E-state index contributed by atoms with van der Waals surface area (Å²) in [6.45, 7) is -0.384. The van der Waals surface area contributed by atoms with Crippen molar-refractivity contribution in [1.29, 1.82) is 0 Å². The predicted octanol–water partition coefficient (Wildman–Crippen LogP) is 1.20. The van der Waals surface area contributed by atoms with Crippen molar-refractivity contribution in [2.24, 2.45) is 0 Å². The van der Waals surface area contributed by atoms with Gasteiger partial charge >= 0.3 is 11.9 Å². The fourth-order valence-corrected chi connectivity index (χ4v) is 4.70. The number of carbonyl (C=O) groups is 2. The number of hydrogen-bond acceptors (Lipinski definition) is 11. The van der Waals surface area contributed by atoms with Crippen LogP contribution in [0.2, 0.25) is 0 Å². The van der Waals surface area contributed by atoms with Crippen molar-refractivity contribution in [3.8, 4) is 5.75 Å². The maximum Gasteiger partial charge on any atom is 0.335 e. The van der Waals surface area contributed by atoms with Gasteiger partial charge in [-0.2, -0.15) is 0 Å². The fourth-order valence-electron chi connectivity index (χ4n) is 4.70. The van der Waals surface area contributed by atoms with Crippen molar-refractivity contribution in [3.63, 3.8) is 0 Å². The van der Waals surface area contributed by atoms with E-state index in [1.54, 1.807) is 30.3 Å². The molecular weight excluding hydrogens is 510 g/mol. The Kier molecular flexibility index (Phi) is 7.11. The van der Waals surface area contributed by atoms with Crippen molar-refractivity contribution in [2.45, 2.75) is 36.9 Å². The molecule has 5 rings (SSSR count). The van der Waals surface area contributed by atoms with E-state index < -0.39 is 42.4 Å². The van der Waals surface area contributed by atoms with Crippen molar-refractivity contribution < 1.29 is 39.5 Å². The Morgan fingerprint density at radius 2 is 1.87 bits per heavy atom. The number of aromatic nitrogens is 4. The first-order valence-corrected chi connectivity index (χ1v) is 12.0. The number of nitrogens with two attached hydrogens (primary N) is 1. The molecule has 1 unspecified atom stereocenters. The molecule has 202 valence electrons. The van der Waals surface area contributed by atoms with E-state index in [2.05, 4.69) is 15.0 Å². The highest BCUT2D eigenvalue weighted by atomic mass is 16.6. The molecular formula is C26H25N5O8. The van der Waals surface area contributed by atoms with Crippen LogP contribution in [0.5, 0.6) is 5.75 Å². The van der Waals surface area contributed by atoms with E-state index >= 15 is 0 Å². The number of nitrogen functional groups attached to an aromatic ring is 1. The number of imidazole rings is 1. The van der Waals surface area contributed by atoms with Gasteiger partial charge in [0.15, 0.2) is 17.7 Å². The minimum atomic E-state index is -1.39. The van der Waals surface area contributed by atoms with E-state index in [-0.39, 0.29) is 30.2 Å². The summed E-state index contributed by atoms with van der Waals surface area (Å²) in [6.07, 6.45) is -2.60. The van der Waals surface area contributed by atoms with Crippen LogP contribution in [0.1, 0.15) is 40.1 Å². The first kappa shape index (κ1) is 26.0. The molecule has 0 aliphatic carbocycles. The molecule has 4 aromatic rings. The van der Waals surface area contributed by atoms with E-state index in [1.165, 1.54) is 35.4 Å². The summed E-state index contributed by atoms with van der Waals surface area (Å²) in [4.78, 5) is 36.9. The molecule has 1 aliphatic heterocycles. The zero-order valence-corrected chi connectivity index (χ0v) is 20.4. The number of carboxylic acids is 1. The number of benzene rings is 2. The van der Waals surface area contributed by atoms with Gasteiger partial charge in [0.2, 0.25) is 0 Å². The number of esters is 1. The van der Waals surface area contributed by atoms with Gasteiger partial charge in [0.05, 0.1) is 18.3 Å². The lowest BCUT2D eigenvalue weighted by atomic mass is 9.85. The maximum atomic E-state index is 13.0. The first-order chi connectivity index (χ1) is 18.7. The number of aromatic hydroxyl groups is 1. The molecule has 2 aromatic heterocycles. The number of carbonyl (C=O) groups excluding carboxylic acids is 1. The number of ether oxygens (including phenoxy) is 2. The lowest BCUT2D eigenvalue weighted by molar-refractivity contribution is -0.150. The van der Waals surface area contributed by atoms with Crippen LogP contribution in [0.4, 0.5) is 5.82 Å². The Morgan fingerprint density at radius 1 is 1.08 bits per heavy atom. The first-order valence-electron chi connectivity index (χ1n) is 12.0. The van der Waals surface area contributed by atoms with Crippen molar-refractivity contribution in [2.75, 3.05) is 12.3 Å². The third kappa shape index (κ3) is 5.10. The van der Waals surface area contributed by atoms with E-state index in [0.717, 1.165) is 0 Å². The summed E-state index contributed by atoms with van der Waals surface area (Å²) in [5.41, 5.74) is 7.30. The standard InChI is InChI=1S/C26H25N5O8/c27-23-20-24(29-11-28-23)31(12-30-20)25-22(35)21(34)18(39-25)10-38-19(33)9-17(13-4-3-5-14(32)8-13)15-6-1-2-7-16(15)26(36)37/h1-8,11-12,17-18,21-22,25,32,34-35H,9-10H2,(H,36,37)(H2,27,28,29)/t17?,18-,21-,22-,25-/m1/s1. The number of phenols is 1. The summed E-state index contributed by atoms with van der Waals surface area (Å²) in [6, 6.07) is 12.4. The number of anilines is 1. The molecule has 6 N–H and O–H groups in total. The van der Waals surface area contributed by atoms with Gasteiger partial charge in [-0.25, -0.2) is 19.7 Å². The van der Waals surface area contributed by atoms with Crippen LogP contribution in [-0.2, 0) is 14.3 Å². The lowest BCUT2D eigenvalue weighted by Gasteiger charge is -2.20. The van der Waals surface area contributed by atoms with Gasteiger partial charge in [0.25, 0.3) is 0 Å². The number of aliphatic hydroxyl groups is 2. The monoisotopic (exact) mass is 535 g/mol. The molecule has 13 heteroatoms. The Morgan fingerprint density at radius 3 is 2.64 bits per heavy atom. The maximum absolute atomic E-state index is 13.0. The topological polar surface area (TPSA) is 203 Å². The molecule has 39 heavy (non-hydrogen) atoms. The predicted molar refractivity (Wildman–Crippen MR) is 135 cm³/mol. The minimum absolute atomic E-state index is 0.0103. The normalized spacial score (nSPS) is 21.6. The summed E-state index contributed by atoms with van der Waals surface area (Å²) in [5.74, 6) is -2.51. The molecule has 5 atom stereocenters. The molecule has 0 amide bonds. The summed E-state index contributed by atoms with van der Waals surface area (Å²) < 4.78 is 12.6. The number of aliphatic hydroxyl groups excluding tert-OH is 2. The van der Waals surface area contributed by atoms with Gasteiger partial charge in [-0.05, 0) is 29.3 Å². The van der Waals surface area contributed by atoms with Crippen LogP contribution in [0.15, 0.2) is 61.2 Å². The molecule has 0 bridgehead atoms. The Bertz CT molecular complexity index is 1530. The van der Waals surface area contributed by atoms with Crippen LogP contribution in [0, 0.1) is 0 Å². The van der Waals surface area contributed by atoms with Crippen LogP contribution >= 0.6 is 0 Å². The number of phenolic OH excluding ortho intramolecular Hbond substituents is 1. The number of hydrogen-bond donors (Lipinski definition) is 5. The summed E-state index contributed by atoms with van der Waals surface area (Å²) in [7, 11) is 0. The highest BCUT2D eigenvalue weighted by Gasteiger charge is 2.45. The van der Waals surface area contributed by atoms with Crippen LogP contribution < -0.4 is 5.73 Å². The third-order valence-corrected chi connectivity index (χ3v) is 6.62. The molecule has 0 saturated carbocycles. The van der Waals surface area contributed by atoms with Crippen LogP contribution in [-0.4, -0.2) is 76.8 Å². The average Bonchev–Trinajstić information content (AvgIpc) is 3.47. The highest BCUT2D eigenvalue weighted by Crippen LogP contribution is 2.34. The fraction of sp³-hybridized carbons (Fsp3) is 0.269. The van der Waals surface area contributed by atoms with Gasteiger partial charge in [0, 0.05) is 5.92 Å². The second kappa shape index (κ2) is 10.6. The van der Waals surface area contributed by atoms with Crippen molar-refractivity contribution in [1.82, 2.24) is 19.5 Å². The second-order valence-corrected chi connectivity index (χ2v) is 9.06. The molecule has 1 fully saturated rings. The number of fused-ring (bicyclic) bond motifs is 1. The van der Waals surface area contributed by atoms with E-state index in [1.807, 2.05) is 0 Å². The third-order valence-electron chi connectivity index (χ3n) is 6.62. The quantitative estimate of drug-likeness (QED) is 0.202. The Labute approximate surface area is 221 Å².